The number of esters is 1. The van der Waals surface area contributed by atoms with E-state index in [1.807, 2.05) is 23.6 Å². The van der Waals surface area contributed by atoms with Crippen molar-refractivity contribution in [3.8, 4) is 23.1 Å². The largest absolute Gasteiger partial charge is 0.493 e. The first-order valence-electron chi connectivity index (χ1n) is 7.66. The van der Waals surface area contributed by atoms with Gasteiger partial charge in [0.15, 0.2) is 28.2 Å². The Labute approximate surface area is 149 Å². The number of furan rings is 1. The number of rotatable bonds is 7. The van der Waals surface area contributed by atoms with E-state index in [2.05, 4.69) is 10.2 Å². The number of carbonyl (C=O) groups excluding carboxylic acids is 1. The van der Waals surface area contributed by atoms with Crippen molar-refractivity contribution in [3.63, 3.8) is 0 Å². The molecule has 25 heavy (non-hydrogen) atoms. The van der Waals surface area contributed by atoms with Gasteiger partial charge in [-0.15, -0.1) is 10.2 Å². The van der Waals surface area contributed by atoms with Crippen LogP contribution in [0.3, 0.4) is 0 Å². The summed E-state index contributed by atoms with van der Waals surface area (Å²) >= 11 is 1.26. The zero-order valence-corrected chi connectivity index (χ0v) is 14.7. The van der Waals surface area contributed by atoms with Crippen LogP contribution < -0.4 is 9.47 Å². The van der Waals surface area contributed by atoms with Crippen molar-refractivity contribution < 1.29 is 18.7 Å². The molecule has 0 spiro atoms. The van der Waals surface area contributed by atoms with Crippen LogP contribution in [0, 0.1) is 0 Å². The molecule has 0 fully saturated rings. The van der Waals surface area contributed by atoms with Crippen molar-refractivity contribution in [2.45, 2.75) is 18.6 Å². The van der Waals surface area contributed by atoms with Crippen LogP contribution in [0.5, 0.6) is 11.5 Å². The standard InChI is InChI=1S/C17H17N3O4S/c1-3-20-16(14-9-6-10-23-14)18-19-17(20)25-11-15(21)24-13-8-5-4-7-12(13)22-2/h4-10H,3,11H2,1-2H3. The van der Waals surface area contributed by atoms with Gasteiger partial charge >= 0.3 is 5.97 Å². The predicted molar refractivity (Wildman–Crippen MR) is 92.8 cm³/mol. The lowest BCUT2D eigenvalue weighted by Gasteiger charge is -2.09. The fourth-order valence-electron chi connectivity index (χ4n) is 2.25. The van der Waals surface area contributed by atoms with Crippen LogP contribution in [0.4, 0.5) is 0 Å². The summed E-state index contributed by atoms with van der Waals surface area (Å²) in [6.45, 7) is 2.64. The van der Waals surface area contributed by atoms with E-state index in [1.165, 1.54) is 18.9 Å². The maximum Gasteiger partial charge on any atom is 0.321 e. The number of methoxy groups -OCH3 is 1. The second-order valence-electron chi connectivity index (χ2n) is 4.94. The minimum absolute atomic E-state index is 0.105. The van der Waals surface area contributed by atoms with Gasteiger partial charge < -0.3 is 13.9 Å². The molecule has 3 aromatic rings. The Hall–Kier alpha value is -2.74. The van der Waals surface area contributed by atoms with Crippen LogP contribution in [0.1, 0.15) is 6.92 Å². The smallest absolute Gasteiger partial charge is 0.321 e. The summed E-state index contributed by atoms with van der Waals surface area (Å²) in [5.74, 6) is 1.89. The first-order chi connectivity index (χ1) is 12.2. The average Bonchev–Trinajstić information content (AvgIpc) is 3.29. The van der Waals surface area contributed by atoms with Crippen LogP contribution in [-0.2, 0) is 11.3 Å². The van der Waals surface area contributed by atoms with E-state index >= 15 is 0 Å². The lowest BCUT2D eigenvalue weighted by Crippen LogP contribution is -2.12. The normalized spacial score (nSPS) is 10.6. The number of para-hydroxylation sites is 2. The van der Waals surface area contributed by atoms with Crippen molar-refractivity contribution in [1.82, 2.24) is 14.8 Å². The summed E-state index contributed by atoms with van der Waals surface area (Å²) in [5.41, 5.74) is 0. The first kappa shape index (κ1) is 17.1. The molecule has 0 amide bonds. The number of hydrogen-bond acceptors (Lipinski definition) is 7. The molecule has 130 valence electrons. The Balaban J connectivity index is 1.66. The zero-order chi connectivity index (χ0) is 17.6. The highest BCUT2D eigenvalue weighted by atomic mass is 32.2. The number of ether oxygens (including phenoxy) is 2. The minimum atomic E-state index is -0.389. The van der Waals surface area contributed by atoms with Gasteiger partial charge in [0.05, 0.1) is 19.1 Å². The third-order valence-electron chi connectivity index (χ3n) is 3.39. The SMILES string of the molecule is CCn1c(SCC(=O)Oc2ccccc2OC)nnc1-c1ccco1. The summed E-state index contributed by atoms with van der Waals surface area (Å²) in [7, 11) is 1.53. The van der Waals surface area contributed by atoms with E-state index in [0.29, 0.717) is 34.8 Å². The first-order valence-corrected chi connectivity index (χ1v) is 8.65. The van der Waals surface area contributed by atoms with E-state index in [4.69, 9.17) is 13.9 Å². The number of nitrogens with zero attached hydrogens (tertiary/aromatic N) is 3. The van der Waals surface area contributed by atoms with Gasteiger partial charge in [0.2, 0.25) is 0 Å². The van der Waals surface area contributed by atoms with Crippen molar-refractivity contribution in [2.75, 3.05) is 12.9 Å². The molecule has 0 N–H and O–H groups in total. The minimum Gasteiger partial charge on any atom is -0.493 e. The summed E-state index contributed by atoms with van der Waals surface area (Å²) in [5, 5.41) is 8.91. The second-order valence-corrected chi connectivity index (χ2v) is 5.88. The molecule has 0 bridgehead atoms. The molecule has 0 radical (unpaired) electrons. The fourth-order valence-corrected chi connectivity index (χ4v) is 3.02. The monoisotopic (exact) mass is 359 g/mol. The van der Waals surface area contributed by atoms with Crippen molar-refractivity contribution in [3.05, 3.63) is 42.7 Å². The quantitative estimate of drug-likeness (QED) is 0.364. The van der Waals surface area contributed by atoms with Gasteiger partial charge in [-0.2, -0.15) is 0 Å². The number of hydrogen-bond donors (Lipinski definition) is 0. The lowest BCUT2D eigenvalue weighted by atomic mass is 10.3. The number of carbonyl (C=O) groups is 1. The van der Waals surface area contributed by atoms with E-state index in [1.54, 1.807) is 30.5 Å². The highest BCUT2D eigenvalue weighted by Crippen LogP contribution is 2.27. The molecule has 0 aliphatic heterocycles. The Morgan fingerprint density at radius 2 is 2.00 bits per heavy atom. The molecule has 8 heteroatoms. The maximum absolute atomic E-state index is 12.1. The molecular formula is C17H17N3O4S. The van der Waals surface area contributed by atoms with E-state index in [-0.39, 0.29) is 11.7 Å². The molecule has 0 saturated heterocycles. The molecule has 3 rings (SSSR count). The van der Waals surface area contributed by atoms with Gasteiger partial charge in [-0.1, -0.05) is 23.9 Å². The van der Waals surface area contributed by atoms with Gasteiger partial charge in [-0.3, -0.25) is 9.36 Å². The van der Waals surface area contributed by atoms with E-state index in [0.717, 1.165) is 0 Å². The van der Waals surface area contributed by atoms with Crippen LogP contribution >= 0.6 is 11.8 Å². The van der Waals surface area contributed by atoms with Crippen molar-refractivity contribution in [1.29, 1.82) is 0 Å². The lowest BCUT2D eigenvalue weighted by molar-refractivity contribution is -0.131. The molecule has 7 nitrogen and oxygen atoms in total. The number of benzene rings is 1. The Kier molecular flexibility index (Phi) is 5.39. The molecular weight excluding hydrogens is 342 g/mol. The second kappa shape index (κ2) is 7.89. The average molecular weight is 359 g/mol. The van der Waals surface area contributed by atoms with E-state index in [9.17, 15) is 4.79 Å². The van der Waals surface area contributed by atoms with Crippen LogP contribution in [0.2, 0.25) is 0 Å². The summed E-state index contributed by atoms with van der Waals surface area (Å²) in [6, 6.07) is 10.6. The van der Waals surface area contributed by atoms with Crippen molar-refractivity contribution >= 4 is 17.7 Å². The van der Waals surface area contributed by atoms with Gasteiger partial charge in [0.25, 0.3) is 0 Å². The Morgan fingerprint density at radius 1 is 1.20 bits per heavy atom. The molecule has 1 aromatic carbocycles. The molecule has 2 aromatic heterocycles. The van der Waals surface area contributed by atoms with Crippen molar-refractivity contribution in [2.24, 2.45) is 0 Å². The number of aromatic nitrogens is 3. The van der Waals surface area contributed by atoms with Gasteiger partial charge in [0.1, 0.15) is 0 Å². The molecule has 0 aliphatic rings. The van der Waals surface area contributed by atoms with Gasteiger partial charge in [0, 0.05) is 6.54 Å². The van der Waals surface area contributed by atoms with Crippen LogP contribution in [0.15, 0.2) is 52.2 Å². The predicted octanol–water partition coefficient (Wildman–Crippen LogP) is 3.26. The third-order valence-corrected chi connectivity index (χ3v) is 4.33. The molecule has 0 aliphatic carbocycles. The van der Waals surface area contributed by atoms with Gasteiger partial charge in [-0.25, -0.2) is 0 Å². The summed E-state index contributed by atoms with van der Waals surface area (Å²) in [6.07, 6.45) is 1.58. The molecule has 0 atom stereocenters. The Morgan fingerprint density at radius 3 is 2.68 bits per heavy atom. The highest BCUT2D eigenvalue weighted by Gasteiger charge is 2.17. The van der Waals surface area contributed by atoms with Gasteiger partial charge in [-0.05, 0) is 31.2 Å². The van der Waals surface area contributed by atoms with Crippen LogP contribution in [-0.4, -0.2) is 33.6 Å². The number of thioether (sulfide) groups is 1. The summed E-state index contributed by atoms with van der Waals surface area (Å²) in [4.78, 5) is 12.1. The topological polar surface area (TPSA) is 79.4 Å². The third kappa shape index (κ3) is 3.85. The molecule has 2 heterocycles. The molecule has 0 saturated carbocycles. The van der Waals surface area contributed by atoms with E-state index < -0.39 is 0 Å². The zero-order valence-electron chi connectivity index (χ0n) is 13.8. The van der Waals surface area contributed by atoms with Crippen LogP contribution in [0.25, 0.3) is 11.6 Å². The fraction of sp³-hybridized carbons (Fsp3) is 0.235. The maximum atomic E-state index is 12.1. The Bertz CT molecular complexity index is 845. The molecule has 0 unspecified atom stereocenters. The highest BCUT2D eigenvalue weighted by molar-refractivity contribution is 7.99. The summed E-state index contributed by atoms with van der Waals surface area (Å²) < 4.78 is 17.8.